The fourth-order valence-corrected chi connectivity index (χ4v) is 3.18. The summed E-state index contributed by atoms with van der Waals surface area (Å²) in [5, 5.41) is 8.32. The van der Waals surface area contributed by atoms with Gasteiger partial charge in [-0.15, -0.1) is 11.3 Å². The molecule has 0 fully saturated rings. The van der Waals surface area contributed by atoms with Gasteiger partial charge in [-0.25, -0.2) is 15.0 Å². The first kappa shape index (κ1) is 18.7. The Morgan fingerprint density at radius 1 is 1.04 bits per heavy atom. The van der Waals surface area contributed by atoms with Gasteiger partial charge in [0.25, 0.3) is 0 Å². The van der Waals surface area contributed by atoms with Crippen LogP contribution in [0.2, 0.25) is 0 Å². The number of hydrogen-bond acceptors (Lipinski definition) is 7. The number of rotatable bonds is 6. The first-order valence-electron chi connectivity index (χ1n) is 8.33. The second kappa shape index (κ2) is 8.05. The number of amides is 1. The van der Waals surface area contributed by atoms with Gasteiger partial charge in [0.15, 0.2) is 10.9 Å². The van der Waals surface area contributed by atoms with Crippen molar-refractivity contribution in [3.63, 3.8) is 0 Å². The summed E-state index contributed by atoms with van der Waals surface area (Å²) in [7, 11) is 0. The molecule has 0 spiro atoms. The molecule has 0 aliphatic heterocycles. The predicted octanol–water partition coefficient (Wildman–Crippen LogP) is 3.68. The van der Waals surface area contributed by atoms with Gasteiger partial charge in [-0.3, -0.25) is 9.59 Å². The fraction of sp³-hybridized carbons (Fsp3) is 0.211. The molecule has 8 heteroatoms. The smallest absolute Gasteiger partial charge is 0.230 e. The lowest BCUT2D eigenvalue weighted by Crippen LogP contribution is -2.14. The van der Waals surface area contributed by atoms with E-state index in [1.807, 2.05) is 25.3 Å². The van der Waals surface area contributed by atoms with Crippen LogP contribution in [0.1, 0.15) is 34.4 Å². The van der Waals surface area contributed by atoms with Crippen molar-refractivity contribution in [1.29, 1.82) is 0 Å². The summed E-state index contributed by atoms with van der Waals surface area (Å²) < 4.78 is 0. The fourth-order valence-electron chi connectivity index (χ4n) is 2.48. The molecule has 7 nitrogen and oxygen atoms in total. The van der Waals surface area contributed by atoms with E-state index in [4.69, 9.17) is 0 Å². The minimum Gasteiger partial charge on any atom is -0.326 e. The second-order valence-electron chi connectivity index (χ2n) is 6.10. The van der Waals surface area contributed by atoms with Gasteiger partial charge in [0, 0.05) is 28.0 Å². The average Bonchev–Trinajstić information content (AvgIpc) is 3.01. The number of nitrogens with one attached hydrogen (secondary N) is 2. The van der Waals surface area contributed by atoms with Crippen LogP contribution >= 0.6 is 11.3 Å². The highest BCUT2D eigenvalue weighted by Crippen LogP contribution is 2.20. The zero-order valence-electron chi connectivity index (χ0n) is 15.2. The normalized spacial score (nSPS) is 10.5. The molecule has 0 atom stereocenters. The van der Waals surface area contributed by atoms with Crippen molar-refractivity contribution in [2.45, 2.75) is 27.2 Å². The van der Waals surface area contributed by atoms with Crippen molar-refractivity contribution in [2.24, 2.45) is 0 Å². The minimum absolute atomic E-state index is 0.0110. The zero-order valence-corrected chi connectivity index (χ0v) is 16.1. The van der Waals surface area contributed by atoms with E-state index < -0.39 is 0 Å². The van der Waals surface area contributed by atoms with Crippen molar-refractivity contribution >= 4 is 39.8 Å². The SMILES string of the molecule is CC(=O)c1ccc(NC(=O)Cc2csc(Nc3nc(C)cc(C)n3)n2)cc1. The van der Waals surface area contributed by atoms with Crippen LogP contribution in [0.3, 0.4) is 0 Å². The predicted molar refractivity (Wildman–Crippen MR) is 106 cm³/mol. The average molecular weight is 381 g/mol. The number of nitrogens with zero attached hydrogens (tertiary/aromatic N) is 3. The van der Waals surface area contributed by atoms with Gasteiger partial charge in [-0.1, -0.05) is 0 Å². The number of thiazole rings is 1. The van der Waals surface area contributed by atoms with E-state index >= 15 is 0 Å². The number of carbonyl (C=O) groups excluding carboxylic acids is 2. The molecule has 3 rings (SSSR count). The third kappa shape index (κ3) is 5.18. The molecule has 0 aliphatic rings. The second-order valence-corrected chi connectivity index (χ2v) is 6.96. The highest BCUT2D eigenvalue weighted by atomic mass is 32.1. The zero-order chi connectivity index (χ0) is 19.4. The largest absolute Gasteiger partial charge is 0.326 e. The van der Waals surface area contributed by atoms with Crippen LogP contribution in [-0.2, 0) is 11.2 Å². The third-order valence-electron chi connectivity index (χ3n) is 3.67. The maximum absolute atomic E-state index is 12.2. The minimum atomic E-state index is -0.176. The number of hydrogen-bond donors (Lipinski definition) is 2. The van der Waals surface area contributed by atoms with Gasteiger partial charge >= 0.3 is 0 Å². The van der Waals surface area contributed by atoms with Crippen molar-refractivity contribution in [2.75, 3.05) is 10.6 Å². The molecule has 0 radical (unpaired) electrons. The molecule has 1 amide bonds. The Hall–Kier alpha value is -3.13. The van der Waals surface area contributed by atoms with Crippen molar-refractivity contribution in [3.8, 4) is 0 Å². The number of aromatic nitrogens is 3. The first-order chi connectivity index (χ1) is 12.9. The van der Waals surface area contributed by atoms with Gasteiger partial charge in [-0.05, 0) is 51.1 Å². The molecule has 1 aromatic carbocycles. The van der Waals surface area contributed by atoms with Gasteiger partial charge in [-0.2, -0.15) is 0 Å². The molecular formula is C19H19N5O2S. The molecule has 27 heavy (non-hydrogen) atoms. The highest BCUT2D eigenvalue weighted by molar-refractivity contribution is 7.13. The van der Waals surface area contributed by atoms with E-state index in [1.165, 1.54) is 18.3 Å². The lowest BCUT2D eigenvalue weighted by molar-refractivity contribution is -0.115. The van der Waals surface area contributed by atoms with Crippen LogP contribution in [0, 0.1) is 13.8 Å². The monoisotopic (exact) mass is 381 g/mol. The number of anilines is 3. The van der Waals surface area contributed by atoms with Crippen molar-refractivity contribution < 1.29 is 9.59 Å². The molecule has 0 aliphatic carbocycles. The first-order valence-corrected chi connectivity index (χ1v) is 9.21. The number of carbonyl (C=O) groups is 2. The standard InChI is InChI=1S/C19H19N5O2S/c1-11-8-12(2)21-18(20-11)24-19-23-16(10-27-19)9-17(26)22-15-6-4-14(5-7-15)13(3)25/h4-8,10H,9H2,1-3H3,(H,22,26)(H,20,21,23,24). The van der Waals surface area contributed by atoms with Gasteiger partial charge in [0.05, 0.1) is 12.1 Å². The van der Waals surface area contributed by atoms with Crippen LogP contribution in [0.5, 0.6) is 0 Å². The maximum Gasteiger partial charge on any atom is 0.230 e. The number of Topliss-reactive ketones (excluding diaryl/α,β-unsaturated/α-hetero) is 1. The molecule has 0 bridgehead atoms. The van der Waals surface area contributed by atoms with Gasteiger partial charge in [0.2, 0.25) is 11.9 Å². The Kier molecular flexibility index (Phi) is 5.56. The van der Waals surface area contributed by atoms with Crippen LogP contribution in [0.15, 0.2) is 35.7 Å². The maximum atomic E-state index is 12.2. The molecule has 0 saturated heterocycles. The van der Waals surface area contributed by atoms with Crippen molar-refractivity contribution in [3.05, 3.63) is 58.4 Å². The van der Waals surface area contributed by atoms with Crippen molar-refractivity contribution in [1.82, 2.24) is 15.0 Å². The summed E-state index contributed by atoms with van der Waals surface area (Å²) in [5.74, 6) is 0.302. The van der Waals surface area contributed by atoms with Crippen LogP contribution < -0.4 is 10.6 Å². The summed E-state index contributed by atoms with van der Waals surface area (Å²) in [6.45, 7) is 5.31. The molecule has 0 saturated carbocycles. The quantitative estimate of drug-likeness (QED) is 0.632. The van der Waals surface area contributed by atoms with Crippen LogP contribution in [-0.4, -0.2) is 26.6 Å². The lowest BCUT2D eigenvalue weighted by atomic mass is 10.1. The summed E-state index contributed by atoms with van der Waals surface area (Å²) >= 11 is 1.39. The summed E-state index contributed by atoms with van der Waals surface area (Å²) in [4.78, 5) is 36.5. The molecule has 2 aromatic heterocycles. The van der Waals surface area contributed by atoms with E-state index in [1.54, 1.807) is 24.3 Å². The molecular weight excluding hydrogens is 362 g/mol. The summed E-state index contributed by atoms with van der Waals surface area (Å²) in [6, 6.07) is 8.69. The van der Waals surface area contributed by atoms with E-state index in [0.717, 1.165) is 11.4 Å². The number of benzene rings is 1. The Labute approximate surface area is 160 Å². The van der Waals surface area contributed by atoms with E-state index in [0.29, 0.717) is 28.0 Å². The van der Waals surface area contributed by atoms with E-state index in [2.05, 4.69) is 25.6 Å². The number of ketones is 1. The van der Waals surface area contributed by atoms with Crippen LogP contribution in [0.25, 0.3) is 0 Å². The molecule has 2 heterocycles. The molecule has 0 unspecified atom stereocenters. The Morgan fingerprint density at radius 2 is 1.70 bits per heavy atom. The lowest BCUT2D eigenvalue weighted by Gasteiger charge is -2.05. The molecule has 2 N–H and O–H groups in total. The topological polar surface area (TPSA) is 96.9 Å². The number of aryl methyl sites for hydroxylation is 2. The van der Waals surface area contributed by atoms with E-state index in [9.17, 15) is 9.59 Å². The van der Waals surface area contributed by atoms with E-state index in [-0.39, 0.29) is 18.1 Å². The van der Waals surface area contributed by atoms with Gasteiger partial charge < -0.3 is 10.6 Å². The Balaban J connectivity index is 1.59. The molecule has 138 valence electrons. The van der Waals surface area contributed by atoms with Crippen LogP contribution in [0.4, 0.5) is 16.8 Å². The highest BCUT2D eigenvalue weighted by Gasteiger charge is 2.10. The Bertz CT molecular complexity index is 962. The molecule has 3 aromatic rings. The Morgan fingerprint density at radius 3 is 2.33 bits per heavy atom. The summed E-state index contributed by atoms with van der Waals surface area (Å²) in [5.41, 5.74) is 3.65. The third-order valence-corrected chi connectivity index (χ3v) is 4.48. The summed E-state index contributed by atoms with van der Waals surface area (Å²) in [6.07, 6.45) is 0.153. The van der Waals surface area contributed by atoms with Gasteiger partial charge in [0.1, 0.15) is 0 Å².